The van der Waals surface area contributed by atoms with Gasteiger partial charge in [-0.05, 0) is 76.7 Å². The molecule has 0 atom stereocenters. The molecule has 6 nitrogen and oxygen atoms in total. The Balaban J connectivity index is 1.63. The fourth-order valence-corrected chi connectivity index (χ4v) is 2.98. The Morgan fingerprint density at radius 3 is 2.32 bits per heavy atom. The molecular formula is C19H13BrClN3O3S. The minimum atomic E-state index is -0.488. The smallest absolute Gasteiger partial charge is 0.293 e. The van der Waals surface area contributed by atoms with Crippen LogP contribution < -0.4 is 16.0 Å². The number of rotatable bonds is 4. The first-order chi connectivity index (χ1) is 13.4. The van der Waals surface area contributed by atoms with E-state index in [0.29, 0.717) is 26.6 Å². The molecule has 3 rings (SSSR count). The third kappa shape index (κ3) is 5.41. The van der Waals surface area contributed by atoms with E-state index in [2.05, 4.69) is 31.9 Å². The Labute approximate surface area is 179 Å². The van der Waals surface area contributed by atoms with Crippen LogP contribution in [-0.2, 0) is 0 Å². The number of hydrogen-bond donors (Lipinski definition) is 3. The van der Waals surface area contributed by atoms with Gasteiger partial charge < -0.3 is 15.1 Å². The molecule has 0 aliphatic carbocycles. The van der Waals surface area contributed by atoms with Gasteiger partial charge in [-0.15, -0.1) is 0 Å². The van der Waals surface area contributed by atoms with E-state index in [1.165, 1.54) is 6.07 Å². The van der Waals surface area contributed by atoms with Crippen molar-refractivity contribution in [2.75, 3.05) is 10.6 Å². The van der Waals surface area contributed by atoms with Crippen molar-refractivity contribution in [3.63, 3.8) is 0 Å². The standard InChI is InChI=1S/C19H13BrClN3O3S/c20-16-8-7-15(27-16)18(26)24-19(28)23-13-5-1-3-11(9-13)17(25)22-14-6-2-4-12(21)10-14/h1-10H,(H,22,25)(H2,23,24,26,28). The molecule has 28 heavy (non-hydrogen) atoms. The molecule has 0 saturated heterocycles. The van der Waals surface area contributed by atoms with Gasteiger partial charge in [0.15, 0.2) is 15.5 Å². The number of amides is 2. The molecule has 0 spiro atoms. The van der Waals surface area contributed by atoms with E-state index in [-0.39, 0.29) is 16.8 Å². The maximum atomic E-state index is 12.4. The van der Waals surface area contributed by atoms with Crippen LogP contribution in [0.15, 0.2) is 69.8 Å². The normalized spacial score (nSPS) is 10.2. The van der Waals surface area contributed by atoms with E-state index < -0.39 is 5.91 Å². The summed E-state index contributed by atoms with van der Waals surface area (Å²) < 4.78 is 5.61. The van der Waals surface area contributed by atoms with Gasteiger partial charge in [-0.25, -0.2) is 0 Å². The molecule has 0 radical (unpaired) electrons. The van der Waals surface area contributed by atoms with Crippen LogP contribution in [0.2, 0.25) is 5.02 Å². The number of anilines is 2. The van der Waals surface area contributed by atoms with Gasteiger partial charge in [0.2, 0.25) is 0 Å². The van der Waals surface area contributed by atoms with Crippen LogP contribution in [0.1, 0.15) is 20.9 Å². The van der Waals surface area contributed by atoms with Gasteiger partial charge >= 0.3 is 0 Å². The van der Waals surface area contributed by atoms with Crippen LogP contribution >= 0.6 is 39.7 Å². The Hall–Kier alpha value is -2.68. The molecule has 2 amide bonds. The first kappa shape index (κ1) is 20.1. The Morgan fingerprint density at radius 1 is 0.929 bits per heavy atom. The highest BCUT2D eigenvalue weighted by Gasteiger charge is 2.13. The fourth-order valence-electron chi connectivity index (χ4n) is 2.27. The summed E-state index contributed by atoms with van der Waals surface area (Å²) in [6.45, 7) is 0. The molecule has 0 unspecified atom stereocenters. The van der Waals surface area contributed by atoms with E-state index in [1.807, 2.05) is 0 Å². The van der Waals surface area contributed by atoms with Crippen molar-refractivity contribution in [1.29, 1.82) is 0 Å². The molecule has 0 aliphatic heterocycles. The Kier molecular flexibility index (Phi) is 6.45. The van der Waals surface area contributed by atoms with E-state index in [9.17, 15) is 9.59 Å². The molecule has 0 bridgehead atoms. The summed E-state index contributed by atoms with van der Waals surface area (Å²) in [5.74, 6) is -0.676. The van der Waals surface area contributed by atoms with Crippen molar-refractivity contribution >= 4 is 68.1 Å². The van der Waals surface area contributed by atoms with Gasteiger partial charge in [-0.3, -0.25) is 14.9 Å². The average Bonchev–Trinajstić information content (AvgIpc) is 3.08. The van der Waals surface area contributed by atoms with Crippen LogP contribution in [0.3, 0.4) is 0 Å². The second kappa shape index (κ2) is 9.01. The van der Waals surface area contributed by atoms with E-state index in [4.69, 9.17) is 28.2 Å². The summed E-state index contributed by atoms with van der Waals surface area (Å²) in [6, 6.07) is 16.7. The molecule has 1 heterocycles. The predicted octanol–water partition coefficient (Wildman–Crippen LogP) is 5.07. The van der Waals surface area contributed by atoms with Gasteiger partial charge in [0.25, 0.3) is 11.8 Å². The molecule has 0 aliphatic rings. The molecule has 2 aromatic carbocycles. The van der Waals surface area contributed by atoms with Crippen molar-refractivity contribution in [3.8, 4) is 0 Å². The SMILES string of the molecule is O=C(Nc1cccc(Cl)c1)c1cccc(NC(=S)NC(=O)c2ccc(Br)o2)c1. The number of benzene rings is 2. The summed E-state index contributed by atoms with van der Waals surface area (Å²) in [6.07, 6.45) is 0. The van der Waals surface area contributed by atoms with E-state index in [0.717, 1.165) is 0 Å². The van der Waals surface area contributed by atoms with E-state index in [1.54, 1.807) is 54.6 Å². The lowest BCUT2D eigenvalue weighted by Crippen LogP contribution is -2.33. The topological polar surface area (TPSA) is 83.4 Å². The number of nitrogens with one attached hydrogen (secondary N) is 3. The summed E-state index contributed by atoms with van der Waals surface area (Å²) in [4.78, 5) is 24.5. The highest BCUT2D eigenvalue weighted by atomic mass is 79.9. The third-order valence-corrected chi connectivity index (χ3v) is 4.35. The second-order valence-electron chi connectivity index (χ2n) is 5.56. The molecule has 142 valence electrons. The zero-order chi connectivity index (χ0) is 20.1. The maximum Gasteiger partial charge on any atom is 0.293 e. The zero-order valence-electron chi connectivity index (χ0n) is 14.2. The van der Waals surface area contributed by atoms with Crippen LogP contribution in [0.4, 0.5) is 11.4 Å². The lowest BCUT2D eigenvalue weighted by Gasteiger charge is -2.10. The molecule has 3 aromatic rings. The fraction of sp³-hybridized carbons (Fsp3) is 0. The average molecular weight is 479 g/mol. The first-order valence-electron chi connectivity index (χ1n) is 7.95. The van der Waals surface area contributed by atoms with Gasteiger partial charge in [-0.1, -0.05) is 23.7 Å². The number of halogens is 2. The van der Waals surface area contributed by atoms with Gasteiger partial charge in [0.05, 0.1) is 0 Å². The van der Waals surface area contributed by atoms with Crippen molar-refractivity contribution in [1.82, 2.24) is 5.32 Å². The number of hydrogen-bond acceptors (Lipinski definition) is 4. The minimum Gasteiger partial charge on any atom is -0.444 e. The van der Waals surface area contributed by atoms with E-state index >= 15 is 0 Å². The monoisotopic (exact) mass is 477 g/mol. The Morgan fingerprint density at radius 2 is 1.64 bits per heavy atom. The van der Waals surface area contributed by atoms with Crippen molar-refractivity contribution in [3.05, 3.63) is 81.7 Å². The third-order valence-electron chi connectivity index (χ3n) is 3.49. The summed E-state index contributed by atoms with van der Waals surface area (Å²) >= 11 is 14.2. The van der Waals surface area contributed by atoms with Crippen LogP contribution in [0.25, 0.3) is 0 Å². The highest BCUT2D eigenvalue weighted by molar-refractivity contribution is 9.10. The lowest BCUT2D eigenvalue weighted by atomic mass is 10.2. The molecule has 1 aromatic heterocycles. The quantitative estimate of drug-likeness (QED) is 0.456. The zero-order valence-corrected chi connectivity index (χ0v) is 17.3. The number of carbonyl (C=O) groups is 2. The summed E-state index contributed by atoms with van der Waals surface area (Å²) in [5, 5.41) is 8.73. The van der Waals surface area contributed by atoms with Crippen LogP contribution in [0.5, 0.6) is 0 Å². The van der Waals surface area contributed by atoms with Crippen molar-refractivity contribution in [2.24, 2.45) is 0 Å². The maximum absolute atomic E-state index is 12.4. The second-order valence-corrected chi connectivity index (χ2v) is 7.18. The number of carbonyl (C=O) groups excluding carboxylic acids is 2. The molecule has 0 saturated carbocycles. The summed E-state index contributed by atoms with van der Waals surface area (Å²) in [7, 11) is 0. The number of thiocarbonyl (C=S) groups is 1. The van der Waals surface area contributed by atoms with Crippen LogP contribution in [0, 0.1) is 0 Å². The van der Waals surface area contributed by atoms with Gasteiger partial charge in [-0.2, -0.15) is 0 Å². The highest BCUT2D eigenvalue weighted by Crippen LogP contribution is 2.17. The summed E-state index contributed by atoms with van der Waals surface area (Å²) in [5.41, 5.74) is 1.54. The molecule has 0 fully saturated rings. The Bertz CT molecular complexity index is 1050. The van der Waals surface area contributed by atoms with Gasteiger partial charge in [0, 0.05) is 22.0 Å². The molecule has 3 N–H and O–H groups in total. The van der Waals surface area contributed by atoms with Gasteiger partial charge in [0.1, 0.15) is 0 Å². The molecular weight excluding hydrogens is 466 g/mol. The van der Waals surface area contributed by atoms with Crippen molar-refractivity contribution < 1.29 is 14.0 Å². The first-order valence-corrected chi connectivity index (χ1v) is 9.53. The lowest BCUT2D eigenvalue weighted by molar-refractivity contribution is 0.0948. The molecule has 9 heteroatoms. The number of furan rings is 1. The van der Waals surface area contributed by atoms with Crippen LogP contribution in [-0.4, -0.2) is 16.9 Å². The minimum absolute atomic E-state index is 0.0740. The van der Waals surface area contributed by atoms with Crippen molar-refractivity contribution in [2.45, 2.75) is 0 Å². The largest absolute Gasteiger partial charge is 0.444 e. The predicted molar refractivity (Wildman–Crippen MR) is 116 cm³/mol.